The largest absolute Gasteiger partial charge is 0.486 e. The van der Waals surface area contributed by atoms with E-state index in [1.807, 2.05) is 43.3 Å². The summed E-state index contributed by atoms with van der Waals surface area (Å²) < 4.78 is 12.0. The fraction of sp³-hybridized carbons (Fsp3) is 0.235. The van der Waals surface area contributed by atoms with E-state index >= 15 is 0 Å². The van der Waals surface area contributed by atoms with Gasteiger partial charge in [0.1, 0.15) is 13.2 Å². The molecule has 1 aliphatic rings. The first kappa shape index (κ1) is 16.2. The maximum Gasteiger partial charge on any atom is 0.237 e. The molecule has 0 radical (unpaired) electrons. The summed E-state index contributed by atoms with van der Waals surface area (Å²) in [4.78, 5) is 13.4. The fourth-order valence-electron chi connectivity index (χ4n) is 2.14. The first-order valence-corrected chi connectivity index (χ1v) is 8.92. The van der Waals surface area contributed by atoms with Crippen molar-refractivity contribution in [3.63, 3.8) is 0 Å². The number of ether oxygens (including phenoxy) is 2. The molecule has 23 heavy (non-hydrogen) atoms. The number of nitrogens with one attached hydrogen (secondary N) is 1. The van der Waals surface area contributed by atoms with Crippen molar-refractivity contribution in [2.75, 3.05) is 18.5 Å². The van der Waals surface area contributed by atoms with Crippen molar-refractivity contribution in [1.82, 2.24) is 0 Å². The van der Waals surface area contributed by atoms with Crippen LogP contribution in [0.3, 0.4) is 0 Å². The van der Waals surface area contributed by atoms with Crippen molar-refractivity contribution in [3.05, 3.63) is 46.9 Å². The van der Waals surface area contributed by atoms with Gasteiger partial charge in [-0.2, -0.15) is 0 Å². The standard InChI is InChI=1S/C17H16BrNO3S/c1-11(23-14-5-2-12(18)3-6-14)17(20)19-13-4-7-15-16(10-13)22-9-8-21-15/h2-7,10-11H,8-9H2,1H3,(H,19,20)/t11-/m1/s1. The van der Waals surface area contributed by atoms with Crippen molar-refractivity contribution < 1.29 is 14.3 Å². The van der Waals surface area contributed by atoms with Gasteiger partial charge in [0.2, 0.25) is 5.91 Å². The molecule has 0 bridgehead atoms. The predicted octanol–water partition coefficient (Wildman–Crippen LogP) is 4.34. The number of fused-ring (bicyclic) bond motifs is 1. The highest BCUT2D eigenvalue weighted by molar-refractivity contribution is 9.10. The Bertz CT molecular complexity index is 705. The second-order valence-corrected chi connectivity index (χ2v) is 7.39. The Labute approximate surface area is 147 Å². The van der Waals surface area contributed by atoms with Crippen LogP contribution >= 0.6 is 27.7 Å². The Morgan fingerprint density at radius 3 is 2.57 bits per heavy atom. The van der Waals surface area contributed by atoms with Gasteiger partial charge < -0.3 is 14.8 Å². The summed E-state index contributed by atoms with van der Waals surface area (Å²) in [6.07, 6.45) is 0. The van der Waals surface area contributed by atoms with E-state index in [1.165, 1.54) is 11.8 Å². The summed E-state index contributed by atoms with van der Waals surface area (Å²) in [7, 11) is 0. The molecule has 1 aliphatic heterocycles. The molecule has 120 valence electrons. The van der Waals surface area contributed by atoms with Crippen molar-refractivity contribution in [2.45, 2.75) is 17.1 Å². The first-order valence-electron chi connectivity index (χ1n) is 7.24. The smallest absolute Gasteiger partial charge is 0.237 e. The van der Waals surface area contributed by atoms with E-state index in [0.717, 1.165) is 9.37 Å². The van der Waals surface area contributed by atoms with Gasteiger partial charge >= 0.3 is 0 Å². The topological polar surface area (TPSA) is 47.6 Å². The molecule has 3 rings (SSSR count). The van der Waals surface area contributed by atoms with Gasteiger partial charge in [0, 0.05) is 21.1 Å². The number of hydrogen-bond donors (Lipinski definition) is 1. The molecule has 1 N–H and O–H groups in total. The normalized spacial score (nSPS) is 14.2. The monoisotopic (exact) mass is 393 g/mol. The molecule has 1 heterocycles. The maximum absolute atomic E-state index is 12.3. The van der Waals surface area contributed by atoms with E-state index in [4.69, 9.17) is 9.47 Å². The molecule has 2 aromatic carbocycles. The van der Waals surface area contributed by atoms with Gasteiger partial charge in [0.25, 0.3) is 0 Å². The number of anilines is 1. The zero-order valence-corrected chi connectivity index (χ0v) is 14.9. The van der Waals surface area contributed by atoms with Crippen LogP contribution in [0.4, 0.5) is 5.69 Å². The number of rotatable bonds is 4. The highest BCUT2D eigenvalue weighted by atomic mass is 79.9. The van der Waals surface area contributed by atoms with Crippen molar-refractivity contribution in [3.8, 4) is 11.5 Å². The quantitative estimate of drug-likeness (QED) is 0.784. The summed E-state index contributed by atoms with van der Waals surface area (Å²) in [5.74, 6) is 1.34. The minimum Gasteiger partial charge on any atom is -0.486 e. The predicted molar refractivity (Wildman–Crippen MR) is 95.5 cm³/mol. The zero-order valence-electron chi connectivity index (χ0n) is 12.5. The van der Waals surface area contributed by atoms with E-state index in [1.54, 1.807) is 6.07 Å². The van der Waals surface area contributed by atoms with E-state index in [-0.39, 0.29) is 11.2 Å². The molecule has 0 spiro atoms. The molecule has 0 unspecified atom stereocenters. The average Bonchev–Trinajstić information content (AvgIpc) is 2.56. The lowest BCUT2D eigenvalue weighted by atomic mass is 10.2. The van der Waals surface area contributed by atoms with Gasteiger partial charge in [0.05, 0.1) is 5.25 Å². The van der Waals surface area contributed by atoms with E-state index in [9.17, 15) is 4.79 Å². The number of carbonyl (C=O) groups is 1. The number of amides is 1. The molecule has 2 aromatic rings. The molecular formula is C17H16BrNO3S. The fourth-order valence-corrected chi connectivity index (χ4v) is 3.27. The molecule has 1 amide bonds. The summed E-state index contributed by atoms with van der Waals surface area (Å²) in [5.41, 5.74) is 0.711. The van der Waals surface area contributed by atoms with E-state index < -0.39 is 0 Å². The molecular weight excluding hydrogens is 378 g/mol. The molecule has 0 fully saturated rings. The Morgan fingerprint density at radius 2 is 1.83 bits per heavy atom. The van der Waals surface area contributed by atoms with Gasteiger partial charge in [-0.25, -0.2) is 0 Å². The Kier molecular flexibility index (Phi) is 5.13. The molecule has 1 atom stereocenters. The Morgan fingerprint density at radius 1 is 1.13 bits per heavy atom. The molecule has 4 nitrogen and oxygen atoms in total. The minimum atomic E-state index is -0.204. The third-order valence-corrected chi connectivity index (χ3v) is 4.95. The van der Waals surface area contributed by atoms with Crippen molar-refractivity contribution in [2.24, 2.45) is 0 Å². The van der Waals surface area contributed by atoms with Crippen LogP contribution in [-0.2, 0) is 4.79 Å². The highest BCUT2D eigenvalue weighted by Gasteiger charge is 2.17. The van der Waals surface area contributed by atoms with Gasteiger partial charge in [-0.3, -0.25) is 4.79 Å². The molecule has 0 aliphatic carbocycles. The van der Waals surface area contributed by atoms with Gasteiger partial charge in [-0.1, -0.05) is 15.9 Å². The number of thioether (sulfide) groups is 1. The van der Waals surface area contributed by atoms with Crippen LogP contribution in [0.2, 0.25) is 0 Å². The molecule has 0 aromatic heterocycles. The van der Waals surface area contributed by atoms with Crippen LogP contribution in [0.1, 0.15) is 6.92 Å². The average molecular weight is 394 g/mol. The lowest BCUT2D eigenvalue weighted by molar-refractivity contribution is -0.115. The Hall–Kier alpha value is -1.66. The number of halogens is 1. The third kappa shape index (κ3) is 4.20. The Balaban J connectivity index is 1.63. The number of carbonyl (C=O) groups excluding carboxylic acids is 1. The zero-order chi connectivity index (χ0) is 16.2. The third-order valence-electron chi connectivity index (χ3n) is 3.31. The summed E-state index contributed by atoms with van der Waals surface area (Å²) in [6, 6.07) is 13.3. The van der Waals surface area contributed by atoms with Gasteiger partial charge in [-0.05, 0) is 43.3 Å². The highest BCUT2D eigenvalue weighted by Crippen LogP contribution is 2.33. The second-order valence-electron chi connectivity index (χ2n) is 5.06. The van der Waals surface area contributed by atoms with Crippen LogP contribution in [-0.4, -0.2) is 24.4 Å². The van der Waals surface area contributed by atoms with Crippen LogP contribution in [0, 0.1) is 0 Å². The lowest BCUT2D eigenvalue weighted by Gasteiger charge is -2.19. The SMILES string of the molecule is C[C@@H](Sc1ccc(Br)cc1)C(=O)Nc1ccc2c(c1)OCCO2. The first-order chi connectivity index (χ1) is 11.1. The maximum atomic E-state index is 12.3. The number of benzene rings is 2. The van der Waals surface area contributed by atoms with E-state index in [2.05, 4.69) is 21.2 Å². The van der Waals surface area contributed by atoms with Crippen molar-refractivity contribution in [1.29, 1.82) is 0 Å². The molecule has 0 saturated carbocycles. The van der Waals surface area contributed by atoms with Crippen LogP contribution in [0.15, 0.2) is 51.8 Å². The van der Waals surface area contributed by atoms with Crippen LogP contribution in [0.25, 0.3) is 0 Å². The van der Waals surface area contributed by atoms with Crippen molar-refractivity contribution >= 4 is 39.3 Å². The minimum absolute atomic E-state index is 0.0467. The second kappa shape index (κ2) is 7.27. The summed E-state index contributed by atoms with van der Waals surface area (Å²) in [5, 5.41) is 2.71. The summed E-state index contributed by atoms with van der Waals surface area (Å²) >= 11 is 4.92. The van der Waals surface area contributed by atoms with Gasteiger partial charge in [-0.15, -0.1) is 11.8 Å². The van der Waals surface area contributed by atoms with Crippen LogP contribution < -0.4 is 14.8 Å². The number of hydrogen-bond acceptors (Lipinski definition) is 4. The molecule has 6 heteroatoms. The van der Waals surface area contributed by atoms with Gasteiger partial charge in [0.15, 0.2) is 11.5 Å². The summed E-state index contributed by atoms with van der Waals surface area (Å²) in [6.45, 7) is 2.97. The van der Waals surface area contributed by atoms with Crippen LogP contribution in [0.5, 0.6) is 11.5 Å². The molecule has 0 saturated heterocycles. The lowest BCUT2D eigenvalue weighted by Crippen LogP contribution is -2.22. The van der Waals surface area contributed by atoms with E-state index in [0.29, 0.717) is 30.4 Å².